The van der Waals surface area contributed by atoms with Crippen LogP contribution in [0.4, 0.5) is 19.7 Å². The molecule has 1 aliphatic carbocycles. The first-order valence-electron chi connectivity index (χ1n) is 9.14. The van der Waals surface area contributed by atoms with Gasteiger partial charge in [-0.3, -0.25) is 9.69 Å². The van der Waals surface area contributed by atoms with Gasteiger partial charge in [-0.1, -0.05) is 6.07 Å². The van der Waals surface area contributed by atoms with Crippen LogP contribution in [-0.4, -0.2) is 61.8 Å². The number of nitrogens with two attached hydrogens (primary N) is 1. The lowest BCUT2D eigenvalue weighted by molar-refractivity contribution is -0.120. The Morgan fingerprint density at radius 3 is 2.79 bits per heavy atom. The summed E-state index contributed by atoms with van der Waals surface area (Å²) in [5.74, 6) is -0.503. The molecule has 0 aromatic heterocycles. The van der Waals surface area contributed by atoms with Crippen LogP contribution in [0.15, 0.2) is 18.2 Å². The summed E-state index contributed by atoms with van der Waals surface area (Å²) < 4.78 is 24.9. The number of amides is 2. The number of cyclic esters (lactones) is 1. The lowest BCUT2D eigenvalue weighted by Crippen LogP contribution is -2.43. The molecule has 0 spiro atoms. The van der Waals surface area contributed by atoms with Crippen molar-refractivity contribution < 1.29 is 28.2 Å². The van der Waals surface area contributed by atoms with Gasteiger partial charge in [0.15, 0.2) is 0 Å². The van der Waals surface area contributed by atoms with E-state index in [1.807, 2.05) is 0 Å². The number of halogens is 1. The first-order chi connectivity index (χ1) is 13.3. The molecule has 2 saturated heterocycles. The number of piperidine rings is 1. The van der Waals surface area contributed by atoms with Gasteiger partial charge in [-0.05, 0) is 37.0 Å². The third-order valence-electron chi connectivity index (χ3n) is 6.08. The summed E-state index contributed by atoms with van der Waals surface area (Å²) in [6, 6.07) is 3.71. The van der Waals surface area contributed by atoms with Gasteiger partial charge < -0.3 is 20.1 Å². The van der Waals surface area contributed by atoms with Crippen LogP contribution in [0.2, 0.25) is 0 Å². The molecule has 1 aromatic rings. The van der Waals surface area contributed by atoms with Crippen LogP contribution in [0, 0.1) is 11.7 Å². The zero-order valence-corrected chi connectivity index (χ0v) is 15.7. The zero-order valence-electron chi connectivity index (χ0n) is 15.7. The van der Waals surface area contributed by atoms with Crippen LogP contribution in [0.3, 0.4) is 0 Å². The molecule has 2 heterocycles. The molecule has 2 aliphatic heterocycles. The Labute approximate surface area is 161 Å². The van der Waals surface area contributed by atoms with Crippen molar-refractivity contribution in [3.05, 3.63) is 29.6 Å². The minimum Gasteiger partial charge on any atom is -0.453 e. The number of ketones is 1. The Bertz CT molecular complexity index is 862. The van der Waals surface area contributed by atoms with Gasteiger partial charge in [0.25, 0.3) is 0 Å². The van der Waals surface area contributed by atoms with Crippen molar-refractivity contribution in [2.24, 2.45) is 11.7 Å². The molecule has 3 aliphatic rings. The van der Waals surface area contributed by atoms with E-state index in [0.29, 0.717) is 24.3 Å². The monoisotopic (exact) mass is 391 g/mol. The zero-order chi connectivity index (χ0) is 20.2. The number of carbonyl (C=O) groups excluding carboxylic acids is 3. The molecule has 0 bridgehead atoms. The van der Waals surface area contributed by atoms with E-state index in [-0.39, 0.29) is 23.7 Å². The number of likely N-dealkylation sites (tertiary alicyclic amines) is 1. The lowest BCUT2D eigenvalue weighted by atomic mass is 9.94. The number of rotatable bonds is 4. The molecular weight excluding hydrogens is 369 g/mol. The highest BCUT2D eigenvalue weighted by atomic mass is 19.1. The highest BCUT2D eigenvalue weighted by molar-refractivity contribution is 5.91. The average molecular weight is 391 g/mol. The molecule has 8 nitrogen and oxygen atoms in total. The second-order valence-electron chi connectivity index (χ2n) is 7.74. The molecule has 28 heavy (non-hydrogen) atoms. The molecule has 1 aromatic carbocycles. The van der Waals surface area contributed by atoms with E-state index in [4.69, 9.17) is 15.2 Å². The summed E-state index contributed by atoms with van der Waals surface area (Å²) >= 11 is 0. The molecule has 9 heteroatoms. The van der Waals surface area contributed by atoms with E-state index in [1.165, 1.54) is 25.0 Å². The molecule has 4 rings (SSSR count). The van der Waals surface area contributed by atoms with Gasteiger partial charge in [-0.25, -0.2) is 14.0 Å². The van der Waals surface area contributed by atoms with Gasteiger partial charge in [-0.15, -0.1) is 0 Å². The van der Waals surface area contributed by atoms with Gasteiger partial charge in [-0.2, -0.15) is 0 Å². The highest BCUT2D eigenvalue weighted by Crippen LogP contribution is 2.59. The predicted molar refractivity (Wildman–Crippen MR) is 96.4 cm³/mol. The van der Waals surface area contributed by atoms with E-state index in [2.05, 4.69) is 0 Å². The average Bonchev–Trinajstić information content (AvgIpc) is 3.02. The molecule has 1 saturated carbocycles. The molecule has 3 fully saturated rings. The molecule has 3 unspecified atom stereocenters. The third-order valence-corrected chi connectivity index (χ3v) is 6.08. The summed E-state index contributed by atoms with van der Waals surface area (Å²) in [6.07, 6.45) is -1.01. The quantitative estimate of drug-likeness (QED) is 0.833. The molecule has 150 valence electrons. The summed E-state index contributed by atoms with van der Waals surface area (Å²) in [5, 5.41) is 0. The summed E-state index contributed by atoms with van der Waals surface area (Å²) in [7, 11) is 1.33. The van der Waals surface area contributed by atoms with E-state index in [1.54, 1.807) is 17.0 Å². The Morgan fingerprint density at radius 1 is 1.39 bits per heavy atom. The predicted octanol–water partition coefficient (Wildman–Crippen LogP) is 1.41. The van der Waals surface area contributed by atoms with Gasteiger partial charge in [0.1, 0.15) is 23.7 Å². The Hall–Kier alpha value is -2.68. The van der Waals surface area contributed by atoms with Crippen LogP contribution < -0.4 is 10.6 Å². The minimum absolute atomic E-state index is 0.0856. The van der Waals surface area contributed by atoms with Crippen molar-refractivity contribution in [2.75, 3.05) is 31.6 Å². The maximum Gasteiger partial charge on any atom is 0.414 e. The molecule has 2 amide bonds. The Balaban J connectivity index is 1.53. The number of benzene rings is 1. The second kappa shape index (κ2) is 6.44. The number of hydrogen-bond donors (Lipinski definition) is 1. The fourth-order valence-corrected chi connectivity index (χ4v) is 4.39. The number of anilines is 1. The van der Waals surface area contributed by atoms with Crippen molar-refractivity contribution in [3.8, 4) is 0 Å². The smallest absolute Gasteiger partial charge is 0.414 e. The largest absolute Gasteiger partial charge is 0.453 e. The van der Waals surface area contributed by atoms with Gasteiger partial charge >= 0.3 is 12.2 Å². The van der Waals surface area contributed by atoms with E-state index in [9.17, 15) is 18.8 Å². The number of fused-ring (bicyclic) bond motifs is 1. The van der Waals surface area contributed by atoms with Gasteiger partial charge in [0, 0.05) is 18.5 Å². The summed E-state index contributed by atoms with van der Waals surface area (Å²) in [5.41, 5.74) is 6.26. The van der Waals surface area contributed by atoms with Gasteiger partial charge in [0.2, 0.25) is 0 Å². The number of Topliss-reactive ketones (excluding diaryl/α,β-unsaturated/α-hetero) is 1. The minimum atomic E-state index is -0.910. The fourth-order valence-electron chi connectivity index (χ4n) is 4.39. The topological polar surface area (TPSA) is 102 Å². The second-order valence-corrected chi connectivity index (χ2v) is 7.74. The number of hydrogen-bond acceptors (Lipinski definition) is 6. The molecule has 2 N–H and O–H groups in total. The summed E-state index contributed by atoms with van der Waals surface area (Å²) in [4.78, 5) is 38.2. The third kappa shape index (κ3) is 2.81. The summed E-state index contributed by atoms with van der Waals surface area (Å²) in [6.45, 7) is 2.39. The van der Waals surface area contributed by atoms with Gasteiger partial charge in [0.05, 0.1) is 19.3 Å². The maximum atomic E-state index is 15.0. The van der Waals surface area contributed by atoms with Crippen LogP contribution in [0.25, 0.3) is 0 Å². The van der Waals surface area contributed by atoms with Crippen molar-refractivity contribution in [1.29, 1.82) is 0 Å². The SMILES string of the molecule is COC(=O)N1CC2CC2(c2ccc(N3CC([C@H](N)C(C)=O)OC3=O)cc2F)C1. The van der Waals surface area contributed by atoms with Crippen molar-refractivity contribution in [3.63, 3.8) is 0 Å². The standard InChI is InChI=1S/C19H22FN3O5/c1-10(24)16(21)15-8-23(18(26)28-15)12-3-4-13(14(20)5-12)19-6-11(19)7-22(9-19)17(25)27-2/h3-5,11,15-16H,6-9,21H2,1-2H3/t11?,15?,16-,19?/m1/s1. The Morgan fingerprint density at radius 2 is 2.14 bits per heavy atom. The van der Waals surface area contributed by atoms with Crippen LogP contribution in [-0.2, 0) is 19.7 Å². The normalized spacial score (nSPS) is 29.4. The van der Waals surface area contributed by atoms with E-state index < -0.39 is 30.1 Å². The van der Waals surface area contributed by atoms with E-state index >= 15 is 0 Å². The van der Waals surface area contributed by atoms with Crippen molar-refractivity contribution in [1.82, 2.24) is 4.90 Å². The molecule has 4 atom stereocenters. The molecule has 0 radical (unpaired) electrons. The van der Waals surface area contributed by atoms with Crippen LogP contribution in [0.1, 0.15) is 18.9 Å². The number of nitrogens with zero attached hydrogens (tertiary/aromatic N) is 2. The number of methoxy groups -OCH3 is 1. The lowest BCUT2D eigenvalue weighted by Gasteiger charge is -2.21. The Kier molecular flexibility index (Phi) is 4.29. The first kappa shape index (κ1) is 18.7. The van der Waals surface area contributed by atoms with E-state index in [0.717, 1.165) is 6.42 Å². The van der Waals surface area contributed by atoms with Crippen LogP contribution >= 0.6 is 0 Å². The highest BCUT2D eigenvalue weighted by Gasteiger charge is 2.62. The number of ether oxygens (including phenoxy) is 2. The number of carbonyl (C=O) groups is 3. The van der Waals surface area contributed by atoms with Crippen molar-refractivity contribution in [2.45, 2.75) is 30.9 Å². The first-order valence-corrected chi connectivity index (χ1v) is 9.14. The fraction of sp³-hybridized carbons (Fsp3) is 0.526. The maximum absolute atomic E-state index is 15.0. The van der Waals surface area contributed by atoms with Crippen molar-refractivity contribution >= 4 is 23.7 Å². The van der Waals surface area contributed by atoms with Crippen LogP contribution in [0.5, 0.6) is 0 Å². The molecular formula is C19H22FN3O5.